The minimum atomic E-state index is 0.832. The molecule has 0 aliphatic carbocycles. The van der Waals surface area contributed by atoms with Crippen LogP contribution in [0.5, 0.6) is 0 Å². The Morgan fingerprint density at radius 3 is 1.74 bits per heavy atom. The van der Waals surface area contributed by atoms with Gasteiger partial charge in [0.15, 0.2) is 0 Å². The fourth-order valence-electron chi connectivity index (χ4n) is 8.84. The summed E-state index contributed by atoms with van der Waals surface area (Å²) in [5.74, 6) is 0. The number of rotatable bonds is 6. The minimum Gasteiger partial charge on any atom is -0.456 e. The summed E-state index contributed by atoms with van der Waals surface area (Å²) in [6.07, 6.45) is 0. The standard InChI is InChI=1S/C54H33NO2S/c1-4-15-34(16-5-1)37-27-28-41-47(32-37)56-48-33-38(35-17-6-2-7-18-35)31-45(51(41)48)55(43-23-14-26-50-52(43)42-22-11-13-25-49(42)58-50)44-30-29-39(36-19-8-3-9-20-36)54-53(44)40-21-10-12-24-46(40)57-54/h1-33H. The van der Waals surface area contributed by atoms with Crippen molar-refractivity contribution in [1.82, 2.24) is 0 Å². The molecular weight excluding hydrogens is 727 g/mol. The summed E-state index contributed by atoms with van der Waals surface area (Å²) in [7, 11) is 0. The van der Waals surface area contributed by atoms with Gasteiger partial charge >= 0.3 is 0 Å². The van der Waals surface area contributed by atoms with Crippen LogP contribution in [0.2, 0.25) is 0 Å². The molecule has 0 unspecified atom stereocenters. The molecule has 12 aromatic rings. The largest absolute Gasteiger partial charge is 0.456 e. The van der Waals surface area contributed by atoms with E-state index in [0.717, 1.165) is 94.3 Å². The Hall–Kier alpha value is -7.40. The highest BCUT2D eigenvalue weighted by molar-refractivity contribution is 7.26. The summed E-state index contributed by atoms with van der Waals surface area (Å²) >= 11 is 1.83. The van der Waals surface area contributed by atoms with Gasteiger partial charge in [0.05, 0.1) is 27.8 Å². The molecule has 58 heavy (non-hydrogen) atoms. The van der Waals surface area contributed by atoms with Gasteiger partial charge in [-0.05, 0) is 88.5 Å². The third-order valence-electron chi connectivity index (χ3n) is 11.5. The molecule has 0 aliphatic heterocycles. The zero-order chi connectivity index (χ0) is 38.2. The summed E-state index contributed by atoms with van der Waals surface area (Å²) < 4.78 is 16.3. The minimum absolute atomic E-state index is 0.832. The van der Waals surface area contributed by atoms with Gasteiger partial charge in [-0.25, -0.2) is 0 Å². The van der Waals surface area contributed by atoms with E-state index in [9.17, 15) is 0 Å². The monoisotopic (exact) mass is 759 g/mol. The van der Waals surface area contributed by atoms with Crippen molar-refractivity contribution in [3.05, 3.63) is 200 Å². The van der Waals surface area contributed by atoms with E-state index >= 15 is 0 Å². The van der Waals surface area contributed by atoms with Gasteiger partial charge in [-0.3, -0.25) is 0 Å². The smallest absolute Gasteiger partial charge is 0.145 e. The van der Waals surface area contributed by atoms with Crippen LogP contribution in [0.1, 0.15) is 0 Å². The summed E-state index contributed by atoms with van der Waals surface area (Å²) in [6, 6.07) is 71.3. The molecule has 12 rings (SSSR count). The summed E-state index contributed by atoms with van der Waals surface area (Å²) in [4.78, 5) is 2.48. The molecule has 4 heteroatoms. The first-order valence-electron chi connectivity index (χ1n) is 19.6. The second-order valence-electron chi connectivity index (χ2n) is 14.8. The van der Waals surface area contributed by atoms with Gasteiger partial charge in [-0.1, -0.05) is 140 Å². The van der Waals surface area contributed by atoms with Crippen LogP contribution in [-0.4, -0.2) is 0 Å². The average molecular weight is 760 g/mol. The lowest BCUT2D eigenvalue weighted by molar-refractivity contribution is 0.669. The van der Waals surface area contributed by atoms with Crippen LogP contribution >= 0.6 is 11.3 Å². The Kier molecular flexibility index (Phi) is 7.40. The van der Waals surface area contributed by atoms with Gasteiger partial charge in [-0.2, -0.15) is 0 Å². The maximum atomic E-state index is 6.96. The Labute approximate surface area is 338 Å². The van der Waals surface area contributed by atoms with E-state index in [-0.39, 0.29) is 0 Å². The molecule has 0 N–H and O–H groups in total. The number of hydrogen-bond donors (Lipinski definition) is 0. The Balaban J connectivity index is 1.24. The maximum absolute atomic E-state index is 6.96. The maximum Gasteiger partial charge on any atom is 0.145 e. The average Bonchev–Trinajstić information content (AvgIpc) is 3.99. The molecule has 0 spiro atoms. The predicted molar refractivity (Wildman–Crippen MR) is 245 cm³/mol. The van der Waals surface area contributed by atoms with E-state index in [1.807, 2.05) is 11.3 Å². The molecule has 0 amide bonds. The van der Waals surface area contributed by atoms with Crippen LogP contribution in [0.25, 0.3) is 97.4 Å². The van der Waals surface area contributed by atoms with Gasteiger partial charge in [0, 0.05) is 36.5 Å². The van der Waals surface area contributed by atoms with E-state index < -0.39 is 0 Å². The lowest BCUT2D eigenvalue weighted by Crippen LogP contribution is -2.11. The first-order chi connectivity index (χ1) is 28.8. The molecule has 272 valence electrons. The number of thiophene rings is 1. The number of para-hydroxylation sites is 1. The highest BCUT2D eigenvalue weighted by Gasteiger charge is 2.28. The van der Waals surface area contributed by atoms with Gasteiger partial charge in [0.1, 0.15) is 22.3 Å². The predicted octanol–water partition coefficient (Wildman–Crippen LogP) is 16.3. The number of fused-ring (bicyclic) bond motifs is 9. The van der Waals surface area contributed by atoms with E-state index in [0.29, 0.717) is 0 Å². The van der Waals surface area contributed by atoms with E-state index in [4.69, 9.17) is 8.83 Å². The quantitative estimate of drug-likeness (QED) is 0.169. The molecule has 0 fully saturated rings. The number of furan rings is 2. The molecule has 0 saturated heterocycles. The third-order valence-corrected chi connectivity index (χ3v) is 12.6. The Bertz CT molecular complexity index is 3510. The molecule has 9 aromatic carbocycles. The lowest BCUT2D eigenvalue weighted by Gasteiger charge is -2.29. The van der Waals surface area contributed by atoms with Crippen molar-refractivity contribution in [2.24, 2.45) is 0 Å². The van der Waals surface area contributed by atoms with Crippen LogP contribution in [0.3, 0.4) is 0 Å². The van der Waals surface area contributed by atoms with Gasteiger partial charge < -0.3 is 13.7 Å². The third kappa shape index (κ3) is 5.12. The molecule has 0 bridgehead atoms. The molecule has 0 saturated carbocycles. The molecule has 0 radical (unpaired) electrons. The highest BCUT2D eigenvalue weighted by atomic mass is 32.1. The second-order valence-corrected chi connectivity index (χ2v) is 15.9. The van der Waals surface area contributed by atoms with Crippen LogP contribution < -0.4 is 4.90 Å². The number of nitrogens with zero attached hydrogens (tertiary/aromatic N) is 1. The van der Waals surface area contributed by atoms with E-state index in [2.05, 4.69) is 205 Å². The first-order valence-corrected chi connectivity index (χ1v) is 20.4. The van der Waals surface area contributed by atoms with Gasteiger partial charge in [-0.15, -0.1) is 11.3 Å². The van der Waals surface area contributed by atoms with Crippen molar-refractivity contribution in [3.8, 4) is 33.4 Å². The molecule has 0 aliphatic rings. The van der Waals surface area contributed by atoms with Crippen molar-refractivity contribution >= 4 is 92.4 Å². The van der Waals surface area contributed by atoms with Crippen molar-refractivity contribution in [1.29, 1.82) is 0 Å². The van der Waals surface area contributed by atoms with Crippen LogP contribution in [-0.2, 0) is 0 Å². The van der Waals surface area contributed by atoms with E-state index in [1.54, 1.807) is 0 Å². The fourth-order valence-corrected chi connectivity index (χ4v) is 9.97. The van der Waals surface area contributed by atoms with Crippen LogP contribution in [0.15, 0.2) is 209 Å². The molecule has 0 atom stereocenters. The van der Waals surface area contributed by atoms with Crippen LogP contribution in [0, 0.1) is 0 Å². The van der Waals surface area contributed by atoms with Gasteiger partial charge in [0.2, 0.25) is 0 Å². The van der Waals surface area contributed by atoms with Crippen molar-refractivity contribution in [2.75, 3.05) is 4.90 Å². The van der Waals surface area contributed by atoms with Crippen molar-refractivity contribution < 1.29 is 8.83 Å². The SMILES string of the molecule is c1ccc(-c2ccc3c(c2)oc2cc(-c4ccccc4)cc(N(c4cccc5sc6ccccc6c45)c4ccc(-c5ccccc5)c5oc6ccccc6c45)c23)cc1. The topological polar surface area (TPSA) is 29.5 Å². The zero-order valence-corrected chi connectivity index (χ0v) is 32.0. The molecule has 3 nitrogen and oxygen atoms in total. The number of hydrogen-bond acceptors (Lipinski definition) is 4. The van der Waals surface area contributed by atoms with Crippen molar-refractivity contribution in [3.63, 3.8) is 0 Å². The molecule has 3 aromatic heterocycles. The summed E-state index contributed by atoms with van der Waals surface area (Å²) in [6.45, 7) is 0. The Morgan fingerprint density at radius 1 is 0.328 bits per heavy atom. The highest BCUT2D eigenvalue weighted by Crippen LogP contribution is 2.52. The normalized spacial score (nSPS) is 11.8. The lowest BCUT2D eigenvalue weighted by atomic mass is 9.97. The second kappa shape index (κ2) is 13.1. The summed E-state index contributed by atoms with van der Waals surface area (Å²) in [5, 5.41) is 6.69. The summed E-state index contributed by atoms with van der Waals surface area (Å²) in [5.41, 5.74) is 13.2. The molecule has 3 heterocycles. The number of benzene rings is 9. The van der Waals surface area contributed by atoms with Crippen LogP contribution in [0.4, 0.5) is 17.1 Å². The van der Waals surface area contributed by atoms with Crippen molar-refractivity contribution in [2.45, 2.75) is 0 Å². The number of anilines is 3. The Morgan fingerprint density at radius 2 is 0.948 bits per heavy atom. The fraction of sp³-hybridized carbons (Fsp3) is 0. The molecular formula is C54H33NO2S. The zero-order valence-electron chi connectivity index (χ0n) is 31.2. The first kappa shape index (κ1) is 32.8. The van der Waals surface area contributed by atoms with E-state index in [1.165, 1.54) is 20.2 Å². The van der Waals surface area contributed by atoms with Gasteiger partial charge in [0.25, 0.3) is 0 Å².